The van der Waals surface area contributed by atoms with Crippen LogP contribution in [0.15, 0.2) is 23.0 Å². The number of hydrogen-bond acceptors (Lipinski definition) is 6. The number of nitrogens with one attached hydrogen (secondary N) is 1. The van der Waals surface area contributed by atoms with Crippen LogP contribution in [-0.2, 0) is 26.4 Å². The molecule has 9 heteroatoms. The summed E-state index contributed by atoms with van der Waals surface area (Å²) in [4.78, 5) is 31.1. The fourth-order valence-corrected chi connectivity index (χ4v) is 5.40. The Balaban J connectivity index is 1.55. The molecule has 1 aliphatic heterocycles. The minimum Gasteiger partial charge on any atom is -0.504 e. The molecule has 0 amide bonds. The number of rotatable bonds is 4. The van der Waals surface area contributed by atoms with Crippen molar-refractivity contribution in [2.75, 3.05) is 27.2 Å². The summed E-state index contributed by atoms with van der Waals surface area (Å²) >= 11 is 0. The van der Waals surface area contributed by atoms with E-state index < -0.39 is 23.2 Å². The molecule has 2 aliphatic rings. The van der Waals surface area contributed by atoms with Gasteiger partial charge in [0.25, 0.3) is 5.56 Å². The van der Waals surface area contributed by atoms with Crippen LogP contribution in [0, 0.1) is 0 Å². The lowest BCUT2D eigenvalue weighted by Crippen LogP contribution is -2.31. The minimum atomic E-state index is -1.64. The standard InChI is InChI=1S/C25H30N4O5/c1-27(2)16-7-8-29(12-16)13-17-9-15-10-19-14(11-20(15)28(17)3)5-4-6-18-21(19)26-24(31)23(22(18)30)34-25(32)33/h9-11,16H,4-8,12-13H2,1-3H3,(H,32,33)(H2,26,30,31). The van der Waals surface area contributed by atoms with Crippen LogP contribution >= 0.6 is 0 Å². The van der Waals surface area contributed by atoms with Gasteiger partial charge in [-0.1, -0.05) is 0 Å². The van der Waals surface area contributed by atoms with Gasteiger partial charge in [0.15, 0.2) is 5.75 Å². The van der Waals surface area contributed by atoms with Gasteiger partial charge in [-0.15, -0.1) is 0 Å². The van der Waals surface area contributed by atoms with Crippen LogP contribution in [-0.4, -0.2) is 68.9 Å². The first-order valence-electron chi connectivity index (χ1n) is 11.6. The van der Waals surface area contributed by atoms with E-state index in [0.717, 1.165) is 54.5 Å². The number of likely N-dealkylation sites (tertiary alicyclic amines) is 1. The highest BCUT2D eigenvalue weighted by atomic mass is 16.7. The molecule has 3 heterocycles. The summed E-state index contributed by atoms with van der Waals surface area (Å²) in [5.41, 5.74) is 4.61. The number of aromatic nitrogens is 2. The summed E-state index contributed by atoms with van der Waals surface area (Å²) in [6.45, 7) is 3.01. The molecule has 0 spiro atoms. The molecule has 180 valence electrons. The third-order valence-electron chi connectivity index (χ3n) is 7.31. The van der Waals surface area contributed by atoms with Crippen molar-refractivity contribution in [2.24, 2.45) is 7.05 Å². The Morgan fingerprint density at radius 1 is 1.26 bits per heavy atom. The summed E-state index contributed by atoms with van der Waals surface area (Å²) in [6.07, 6.45) is 1.59. The topological polar surface area (TPSA) is 111 Å². The number of hydrogen-bond donors (Lipinski definition) is 3. The van der Waals surface area contributed by atoms with Crippen LogP contribution in [0.5, 0.6) is 11.5 Å². The van der Waals surface area contributed by atoms with Gasteiger partial charge in [-0.3, -0.25) is 9.69 Å². The molecule has 5 rings (SSSR count). The summed E-state index contributed by atoms with van der Waals surface area (Å²) in [6, 6.07) is 7.02. The summed E-state index contributed by atoms with van der Waals surface area (Å²) in [5, 5.41) is 20.7. The number of aryl methyl sites for hydroxylation is 2. The largest absolute Gasteiger partial charge is 0.511 e. The summed E-state index contributed by atoms with van der Waals surface area (Å²) in [7, 11) is 6.36. The van der Waals surface area contributed by atoms with Crippen LogP contribution in [0.25, 0.3) is 22.2 Å². The van der Waals surface area contributed by atoms with Crippen molar-refractivity contribution in [1.29, 1.82) is 0 Å². The maximum absolute atomic E-state index is 12.5. The second-order valence-corrected chi connectivity index (χ2v) is 9.61. The second-order valence-electron chi connectivity index (χ2n) is 9.61. The van der Waals surface area contributed by atoms with Gasteiger partial charge in [0, 0.05) is 60.4 Å². The lowest BCUT2D eigenvalue weighted by Gasteiger charge is -2.20. The third kappa shape index (κ3) is 3.84. The van der Waals surface area contributed by atoms with Crippen LogP contribution in [0.4, 0.5) is 4.79 Å². The minimum absolute atomic E-state index is 0.396. The van der Waals surface area contributed by atoms with Crippen molar-refractivity contribution < 1.29 is 19.7 Å². The predicted octanol–water partition coefficient (Wildman–Crippen LogP) is 2.92. The van der Waals surface area contributed by atoms with Crippen LogP contribution in [0.1, 0.15) is 29.7 Å². The van der Waals surface area contributed by atoms with Crippen molar-refractivity contribution in [2.45, 2.75) is 38.3 Å². The second kappa shape index (κ2) is 8.48. The monoisotopic (exact) mass is 466 g/mol. The maximum Gasteiger partial charge on any atom is 0.511 e. The molecule has 1 aromatic carbocycles. The molecule has 1 fully saturated rings. The fraction of sp³-hybridized carbons (Fsp3) is 0.440. The molecular formula is C25H30N4O5. The molecule has 3 N–H and O–H groups in total. The zero-order valence-electron chi connectivity index (χ0n) is 19.7. The third-order valence-corrected chi connectivity index (χ3v) is 7.31. The quantitative estimate of drug-likeness (QED) is 0.507. The van der Waals surface area contributed by atoms with Gasteiger partial charge in [-0.25, -0.2) is 4.79 Å². The molecule has 9 nitrogen and oxygen atoms in total. The molecule has 1 saturated heterocycles. The van der Waals surface area contributed by atoms with E-state index in [9.17, 15) is 14.7 Å². The normalized spacial score (nSPS) is 18.2. The molecule has 0 radical (unpaired) electrons. The number of aromatic hydroxyl groups is 1. The highest BCUT2D eigenvalue weighted by molar-refractivity contribution is 5.89. The number of benzene rings is 1. The maximum atomic E-state index is 12.5. The zero-order valence-corrected chi connectivity index (χ0v) is 19.7. The van der Waals surface area contributed by atoms with Gasteiger partial charge < -0.3 is 29.4 Å². The highest BCUT2D eigenvalue weighted by Crippen LogP contribution is 2.40. The number of nitrogens with zero attached hydrogens (tertiary/aromatic N) is 3. The van der Waals surface area contributed by atoms with Gasteiger partial charge in [-0.05, 0) is 63.5 Å². The Kier molecular flexibility index (Phi) is 5.61. The van der Waals surface area contributed by atoms with Gasteiger partial charge in [0.1, 0.15) is 0 Å². The lowest BCUT2D eigenvalue weighted by molar-refractivity contribution is 0.142. The van der Waals surface area contributed by atoms with Crippen molar-refractivity contribution in [3.05, 3.63) is 45.4 Å². The van der Waals surface area contributed by atoms with E-state index in [2.05, 4.69) is 63.4 Å². The number of carboxylic acid groups (broad SMARTS) is 1. The SMILES string of the molecule is CN(C)C1CCN(Cc2cc3cc4c(cc3n2C)CCCc2c-4[nH]c(=O)c(OC(=O)O)c2O)C1. The number of fused-ring (bicyclic) bond motifs is 4. The highest BCUT2D eigenvalue weighted by Gasteiger charge is 2.27. The first-order valence-corrected chi connectivity index (χ1v) is 11.6. The van der Waals surface area contributed by atoms with Crippen LogP contribution in [0.3, 0.4) is 0 Å². The zero-order chi connectivity index (χ0) is 24.1. The lowest BCUT2D eigenvalue weighted by atomic mass is 9.99. The van der Waals surface area contributed by atoms with Crippen molar-refractivity contribution >= 4 is 17.1 Å². The van der Waals surface area contributed by atoms with E-state index in [1.807, 2.05) is 0 Å². The molecule has 34 heavy (non-hydrogen) atoms. The first-order chi connectivity index (χ1) is 16.2. The van der Waals surface area contributed by atoms with Gasteiger partial charge in [0.2, 0.25) is 5.75 Å². The smallest absolute Gasteiger partial charge is 0.504 e. The molecule has 1 atom stereocenters. The molecular weight excluding hydrogens is 436 g/mol. The number of pyridine rings is 1. The Bertz CT molecular complexity index is 1340. The molecule has 1 unspecified atom stereocenters. The summed E-state index contributed by atoms with van der Waals surface area (Å²) < 4.78 is 6.80. The molecule has 0 saturated carbocycles. The predicted molar refractivity (Wildman–Crippen MR) is 129 cm³/mol. The number of carbonyl (C=O) groups is 1. The molecule has 1 aliphatic carbocycles. The number of likely N-dealkylation sites (N-methyl/N-ethyl adjacent to an activating group) is 1. The number of aromatic amines is 1. The number of H-pyrrole nitrogens is 1. The van der Waals surface area contributed by atoms with Crippen molar-refractivity contribution in [3.63, 3.8) is 0 Å². The molecule has 2 aromatic heterocycles. The van der Waals surface area contributed by atoms with E-state index >= 15 is 0 Å². The van der Waals surface area contributed by atoms with Gasteiger partial charge in [-0.2, -0.15) is 0 Å². The van der Waals surface area contributed by atoms with Crippen LogP contribution in [0.2, 0.25) is 0 Å². The van der Waals surface area contributed by atoms with E-state index in [1.165, 1.54) is 12.1 Å². The summed E-state index contributed by atoms with van der Waals surface area (Å²) in [5.74, 6) is -0.966. The molecule has 0 bridgehead atoms. The Hall–Kier alpha value is -3.30. The Morgan fingerprint density at radius 3 is 2.76 bits per heavy atom. The first kappa shape index (κ1) is 22.5. The fourth-order valence-electron chi connectivity index (χ4n) is 5.40. The average Bonchev–Trinajstić information content (AvgIpc) is 3.32. The Morgan fingerprint density at radius 2 is 2.06 bits per heavy atom. The van der Waals surface area contributed by atoms with E-state index in [1.54, 1.807) is 0 Å². The Labute approximate surface area is 197 Å². The van der Waals surface area contributed by atoms with Crippen LogP contribution < -0.4 is 10.3 Å². The average molecular weight is 467 g/mol. The van der Waals surface area contributed by atoms with Crippen molar-refractivity contribution in [3.8, 4) is 22.8 Å². The van der Waals surface area contributed by atoms with E-state index in [-0.39, 0.29) is 0 Å². The van der Waals surface area contributed by atoms with Gasteiger partial charge in [0.05, 0.1) is 5.69 Å². The van der Waals surface area contributed by atoms with E-state index in [0.29, 0.717) is 23.7 Å². The number of ether oxygens (including phenoxy) is 1. The van der Waals surface area contributed by atoms with E-state index in [4.69, 9.17) is 5.11 Å². The molecule has 3 aromatic rings. The van der Waals surface area contributed by atoms with Gasteiger partial charge >= 0.3 is 6.16 Å². The van der Waals surface area contributed by atoms with Crippen molar-refractivity contribution in [1.82, 2.24) is 19.4 Å².